The van der Waals surface area contributed by atoms with E-state index in [1.165, 1.54) is 22.5 Å². The van der Waals surface area contributed by atoms with E-state index in [1.807, 2.05) is 42.7 Å². The van der Waals surface area contributed by atoms with Crippen LogP contribution in [0.3, 0.4) is 0 Å². The maximum Gasteiger partial charge on any atom is 0.284 e. The lowest BCUT2D eigenvalue weighted by molar-refractivity contribution is -0.165. The van der Waals surface area contributed by atoms with Gasteiger partial charge >= 0.3 is 0 Å². The second kappa shape index (κ2) is 9.84. The van der Waals surface area contributed by atoms with Crippen molar-refractivity contribution in [2.24, 2.45) is 0 Å². The van der Waals surface area contributed by atoms with Crippen molar-refractivity contribution in [1.29, 1.82) is 0 Å². The number of benzene rings is 1. The number of pyridine rings is 1. The molecule has 184 valence electrons. The van der Waals surface area contributed by atoms with Gasteiger partial charge in [-0.15, -0.1) is 0 Å². The van der Waals surface area contributed by atoms with Crippen molar-refractivity contribution in [3.8, 4) is 11.6 Å². The van der Waals surface area contributed by atoms with Crippen LogP contribution in [0, 0.1) is 0 Å². The standard InChI is InChI=1S/C25H24N6O4S/c1-36-25-27-15-18-22(29-25)28-23-17-14-16(33-12-13-35-21-7-3-5-11-34-21)8-9-19(17)30(31(23)24(18)32)20-6-2-4-10-26-20/h2,4,6,8-10,14-15,21H,3,5,7,11-13H2,1H3. The summed E-state index contributed by atoms with van der Waals surface area (Å²) in [5.41, 5.74) is 1.32. The highest BCUT2D eigenvalue weighted by Crippen LogP contribution is 2.28. The molecule has 0 N–H and O–H groups in total. The van der Waals surface area contributed by atoms with E-state index in [-0.39, 0.29) is 11.8 Å². The number of aromatic nitrogens is 6. The van der Waals surface area contributed by atoms with Gasteiger partial charge in [-0.25, -0.2) is 24.6 Å². The lowest BCUT2D eigenvalue weighted by Gasteiger charge is -2.22. The predicted molar refractivity (Wildman–Crippen MR) is 136 cm³/mol. The molecule has 1 aromatic carbocycles. The molecule has 1 aliphatic rings. The van der Waals surface area contributed by atoms with Gasteiger partial charge in [-0.1, -0.05) is 17.8 Å². The number of hydrogen-bond donors (Lipinski definition) is 0. The summed E-state index contributed by atoms with van der Waals surface area (Å²) in [4.78, 5) is 31.6. The van der Waals surface area contributed by atoms with E-state index < -0.39 is 0 Å². The zero-order chi connectivity index (χ0) is 24.5. The highest BCUT2D eigenvalue weighted by molar-refractivity contribution is 7.98. The molecule has 1 aliphatic heterocycles. The Morgan fingerprint density at radius 2 is 2.06 bits per heavy atom. The van der Waals surface area contributed by atoms with Crippen molar-refractivity contribution in [2.75, 3.05) is 26.1 Å². The van der Waals surface area contributed by atoms with Gasteiger partial charge in [0.2, 0.25) is 0 Å². The van der Waals surface area contributed by atoms with Crippen molar-refractivity contribution in [3.63, 3.8) is 0 Å². The van der Waals surface area contributed by atoms with E-state index in [0.29, 0.717) is 46.6 Å². The summed E-state index contributed by atoms with van der Waals surface area (Å²) in [6, 6.07) is 11.2. The Labute approximate surface area is 210 Å². The SMILES string of the molecule is CSc1ncc2c(=O)n3c(nc2n1)c1cc(OCCOC2CCCCO2)ccc1n3-c1ccccn1. The van der Waals surface area contributed by atoms with Gasteiger partial charge in [0.15, 0.2) is 28.6 Å². The Hall–Kier alpha value is -3.54. The highest BCUT2D eigenvalue weighted by Gasteiger charge is 2.20. The first-order chi connectivity index (χ1) is 17.7. The predicted octanol–water partition coefficient (Wildman–Crippen LogP) is 3.62. The molecule has 10 nitrogen and oxygen atoms in total. The van der Waals surface area contributed by atoms with E-state index in [9.17, 15) is 4.79 Å². The number of rotatable bonds is 7. The van der Waals surface area contributed by atoms with Crippen LogP contribution >= 0.6 is 11.8 Å². The molecule has 0 aliphatic carbocycles. The molecule has 6 rings (SSSR count). The molecule has 0 saturated carbocycles. The van der Waals surface area contributed by atoms with Gasteiger partial charge in [0.25, 0.3) is 5.56 Å². The van der Waals surface area contributed by atoms with E-state index >= 15 is 0 Å². The molecule has 4 aromatic heterocycles. The van der Waals surface area contributed by atoms with Gasteiger partial charge in [0.05, 0.1) is 12.1 Å². The summed E-state index contributed by atoms with van der Waals surface area (Å²) < 4.78 is 20.6. The monoisotopic (exact) mass is 504 g/mol. The molecule has 36 heavy (non-hydrogen) atoms. The summed E-state index contributed by atoms with van der Waals surface area (Å²) in [6.07, 6.45) is 8.06. The van der Waals surface area contributed by atoms with Crippen LogP contribution < -0.4 is 10.3 Å². The van der Waals surface area contributed by atoms with Crippen molar-refractivity contribution in [2.45, 2.75) is 30.7 Å². The molecule has 0 bridgehead atoms. The first kappa shape index (κ1) is 22.9. The van der Waals surface area contributed by atoms with Crippen LogP contribution in [0.15, 0.2) is 58.7 Å². The molecule has 0 amide bonds. The van der Waals surface area contributed by atoms with Crippen molar-refractivity contribution < 1.29 is 14.2 Å². The second-order valence-electron chi connectivity index (χ2n) is 8.34. The lowest BCUT2D eigenvalue weighted by atomic mass is 10.2. The highest BCUT2D eigenvalue weighted by atomic mass is 32.2. The van der Waals surface area contributed by atoms with Crippen LogP contribution in [0.25, 0.3) is 33.4 Å². The number of nitrogens with zero attached hydrogens (tertiary/aromatic N) is 6. The Kier molecular flexibility index (Phi) is 6.26. The minimum atomic E-state index is -0.271. The third-order valence-corrected chi connectivity index (χ3v) is 6.62. The van der Waals surface area contributed by atoms with Gasteiger partial charge in [-0.2, -0.15) is 4.52 Å². The van der Waals surface area contributed by atoms with Crippen LogP contribution in [0.5, 0.6) is 5.75 Å². The fourth-order valence-corrected chi connectivity index (χ4v) is 4.71. The fraction of sp³-hybridized carbons (Fsp3) is 0.320. The average molecular weight is 505 g/mol. The molecule has 1 saturated heterocycles. The van der Waals surface area contributed by atoms with Gasteiger partial charge in [0, 0.05) is 24.4 Å². The summed E-state index contributed by atoms with van der Waals surface area (Å²) in [7, 11) is 0. The summed E-state index contributed by atoms with van der Waals surface area (Å²) >= 11 is 1.40. The van der Waals surface area contributed by atoms with Crippen LogP contribution in [-0.4, -0.2) is 61.5 Å². The molecule has 5 aromatic rings. The van der Waals surface area contributed by atoms with Crippen LogP contribution in [0.2, 0.25) is 0 Å². The molecule has 0 radical (unpaired) electrons. The van der Waals surface area contributed by atoms with Crippen molar-refractivity contribution in [3.05, 3.63) is 59.1 Å². The van der Waals surface area contributed by atoms with Gasteiger partial charge in [0.1, 0.15) is 17.7 Å². The molecule has 1 unspecified atom stereocenters. The number of ether oxygens (including phenoxy) is 3. The summed E-state index contributed by atoms with van der Waals surface area (Å²) in [5, 5.41) is 1.64. The third kappa shape index (κ3) is 4.19. The van der Waals surface area contributed by atoms with Gasteiger partial charge in [-0.05, 0) is 55.9 Å². The molecule has 0 spiro atoms. The Morgan fingerprint density at radius 3 is 2.86 bits per heavy atom. The van der Waals surface area contributed by atoms with E-state index in [1.54, 1.807) is 10.9 Å². The normalized spacial score (nSPS) is 16.2. The largest absolute Gasteiger partial charge is 0.491 e. The molecular formula is C25H24N6O4S. The smallest absolute Gasteiger partial charge is 0.284 e. The molecule has 1 fully saturated rings. The van der Waals surface area contributed by atoms with Crippen LogP contribution in [0.1, 0.15) is 19.3 Å². The van der Waals surface area contributed by atoms with Crippen molar-refractivity contribution in [1.82, 2.24) is 29.1 Å². The maximum absolute atomic E-state index is 13.6. The van der Waals surface area contributed by atoms with Gasteiger partial charge < -0.3 is 14.2 Å². The Balaban J connectivity index is 1.43. The first-order valence-electron chi connectivity index (χ1n) is 11.8. The first-order valence-corrected chi connectivity index (χ1v) is 13.0. The average Bonchev–Trinajstić information content (AvgIpc) is 3.26. The van der Waals surface area contributed by atoms with Gasteiger partial charge in [-0.3, -0.25) is 4.79 Å². The van der Waals surface area contributed by atoms with E-state index in [4.69, 9.17) is 19.2 Å². The Morgan fingerprint density at radius 1 is 1.11 bits per heavy atom. The second-order valence-corrected chi connectivity index (χ2v) is 9.11. The maximum atomic E-state index is 13.6. The molecule has 5 heterocycles. The fourth-order valence-electron chi connectivity index (χ4n) is 4.37. The Bertz CT molecular complexity index is 1600. The summed E-state index contributed by atoms with van der Waals surface area (Å²) in [6.45, 7) is 1.55. The summed E-state index contributed by atoms with van der Waals surface area (Å²) in [5.74, 6) is 1.25. The topological polar surface area (TPSA) is 106 Å². The lowest BCUT2D eigenvalue weighted by Crippen LogP contribution is -2.24. The quantitative estimate of drug-likeness (QED) is 0.187. The molecule has 1 atom stereocenters. The minimum Gasteiger partial charge on any atom is -0.491 e. The zero-order valence-corrected chi connectivity index (χ0v) is 20.5. The third-order valence-electron chi connectivity index (χ3n) is 6.06. The van der Waals surface area contributed by atoms with Crippen LogP contribution in [0.4, 0.5) is 0 Å². The van der Waals surface area contributed by atoms with Crippen molar-refractivity contribution >= 4 is 39.3 Å². The number of thioether (sulfide) groups is 1. The molecule has 11 heteroatoms. The molecular weight excluding hydrogens is 480 g/mol. The zero-order valence-electron chi connectivity index (χ0n) is 19.7. The van der Waals surface area contributed by atoms with E-state index in [0.717, 1.165) is 36.8 Å². The minimum absolute atomic E-state index is 0.154. The van der Waals surface area contributed by atoms with Crippen LogP contribution in [-0.2, 0) is 9.47 Å². The van der Waals surface area contributed by atoms with E-state index in [2.05, 4.69) is 15.0 Å². The number of hydrogen-bond acceptors (Lipinski definition) is 9. The number of fused-ring (bicyclic) bond motifs is 4.